The van der Waals surface area contributed by atoms with Gasteiger partial charge in [-0.1, -0.05) is 163 Å². The Hall–Kier alpha value is -7.24. The third-order valence-corrected chi connectivity index (χ3v) is 22.0. The second kappa shape index (κ2) is 17.4. The number of furan rings is 1. The van der Waals surface area contributed by atoms with Gasteiger partial charge in [0.2, 0.25) is 5.88 Å². The minimum absolute atomic E-state index is 0.00405. The molecule has 3 heterocycles. The summed E-state index contributed by atoms with van der Waals surface area (Å²) in [5.41, 5.74) is 28.7. The van der Waals surface area contributed by atoms with Crippen molar-refractivity contribution < 1.29 is 4.42 Å². The van der Waals surface area contributed by atoms with E-state index in [1.54, 1.807) is 0 Å². The molecule has 83 heavy (non-hydrogen) atoms. The van der Waals surface area contributed by atoms with Gasteiger partial charge in [-0.2, -0.15) is 0 Å². The van der Waals surface area contributed by atoms with Crippen molar-refractivity contribution >= 4 is 85.5 Å². The van der Waals surface area contributed by atoms with Crippen LogP contribution >= 0.6 is 0 Å². The molecule has 2 bridgehead atoms. The third-order valence-electron chi connectivity index (χ3n) is 22.0. The van der Waals surface area contributed by atoms with Crippen molar-refractivity contribution in [2.75, 3.05) is 14.7 Å². The Morgan fingerprint density at radius 2 is 0.988 bits per heavy atom. The van der Waals surface area contributed by atoms with Crippen molar-refractivity contribution in [1.29, 1.82) is 0 Å². The summed E-state index contributed by atoms with van der Waals surface area (Å²) in [7, 11) is 0. The topological polar surface area (TPSA) is 22.9 Å². The Morgan fingerprint density at radius 3 is 1.59 bits per heavy atom. The second-order valence-electron chi connectivity index (χ2n) is 30.6. The summed E-state index contributed by atoms with van der Waals surface area (Å²) in [6, 6.07) is 61.3. The van der Waals surface area contributed by atoms with Gasteiger partial charge < -0.3 is 14.2 Å². The largest absolute Gasteiger partial charge is 0.440 e. The van der Waals surface area contributed by atoms with E-state index in [1.165, 1.54) is 132 Å². The summed E-state index contributed by atoms with van der Waals surface area (Å²) in [6.45, 7) is 34.2. The van der Waals surface area contributed by atoms with Crippen LogP contribution in [0.4, 0.5) is 51.4 Å². The molecular formula is C78H82BN3O. The van der Waals surface area contributed by atoms with E-state index >= 15 is 0 Å². The van der Waals surface area contributed by atoms with E-state index in [2.05, 4.69) is 269 Å². The molecule has 4 aliphatic carbocycles. The number of benzene rings is 8. The van der Waals surface area contributed by atoms with Gasteiger partial charge in [0.15, 0.2) is 0 Å². The van der Waals surface area contributed by atoms with Gasteiger partial charge in [-0.05, 0) is 241 Å². The molecule has 5 heteroatoms. The van der Waals surface area contributed by atoms with Gasteiger partial charge in [0.25, 0.3) is 6.71 Å². The molecule has 2 unspecified atom stereocenters. The zero-order chi connectivity index (χ0) is 57.7. The van der Waals surface area contributed by atoms with Crippen molar-refractivity contribution in [3.05, 3.63) is 202 Å². The third kappa shape index (κ3) is 7.77. The van der Waals surface area contributed by atoms with Gasteiger partial charge in [0.05, 0.1) is 0 Å². The van der Waals surface area contributed by atoms with E-state index in [0.717, 1.165) is 47.1 Å². The first-order valence-corrected chi connectivity index (χ1v) is 31.2. The maximum Gasteiger partial charge on any atom is 0.257 e. The van der Waals surface area contributed by atoms with E-state index in [4.69, 9.17) is 4.42 Å². The molecule has 1 fully saturated rings. The van der Waals surface area contributed by atoms with Crippen LogP contribution in [0.3, 0.4) is 0 Å². The van der Waals surface area contributed by atoms with Crippen molar-refractivity contribution in [2.24, 2.45) is 0 Å². The number of rotatable bonds is 6. The maximum absolute atomic E-state index is 7.77. The highest BCUT2D eigenvalue weighted by molar-refractivity contribution is 7.01. The smallest absolute Gasteiger partial charge is 0.257 e. The van der Waals surface area contributed by atoms with Crippen molar-refractivity contribution in [1.82, 2.24) is 0 Å². The Kier molecular flexibility index (Phi) is 11.0. The average Bonchev–Trinajstić information content (AvgIpc) is 1.73. The molecule has 418 valence electrons. The molecule has 1 saturated carbocycles. The Labute approximate surface area is 495 Å². The van der Waals surface area contributed by atoms with Gasteiger partial charge in [-0.3, -0.25) is 4.90 Å². The summed E-state index contributed by atoms with van der Waals surface area (Å²) in [6.07, 6.45) is 8.29. The van der Waals surface area contributed by atoms with Crippen LogP contribution in [-0.4, -0.2) is 6.71 Å². The van der Waals surface area contributed by atoms with Crippen LogP contribution in [0.25, 0.3) is 22.1 Å². The average molecular weight is 1090 g/mol. The van der Waals surface area contributed by atoms with Crippen LogP contribution in [0.2, 0.25) is 0 Å². The Balaban J connectivity index is 1.05. The lowest BCUT2D eigenvalue weighted by Crippen LogP contribution is -2.61. The monoisotopic (exact) mass is 1090 g/mol. The molecule has 1 aromatic heterocycles. The first kappa shape index (κ1) is 52.6. The zero-order valence-corrected chi connectivity index (χ0v) is 51.8. The fraction of sp³-hybridized carbons (Fsp3) is 0.359. The zero-order valence-electron chi connectivity index (χ0n) is 51.8. The lowest BCUT2D eigenvalue weighted by Gasteiger charge is -2.46. The fourth-order valence-electron chi connectivity index (χ4n) is 16.8. The lowest BCUT2D eigenvalue weighted by atomic mass is 9.33. The molecule has 4 nitrogen and oxygen atoms in total. The van der Waals surface area contributed by atoms with Crippen LogP contribution in [0, 0.1) is 6.92 Å². The predicted octanol–water partition coefficient (Wildman–Crippen LogP) is 19.7. The van der Waals surface area contributed by atoms with Crippen LogP contribution in [0.15, 0.2) is 162 Å². The van der Waals surface area contributed by atoms with E-state index in [-0.39, 0.29) is 44.6 Å². The Bertz CT molecular complexity index is 4130. The molecule has 0 spiro atoms. The van der Waals surface area contributed by atoms with Gasteiger partial charge in [-0.25, -0.2) is 0 Å². The molecule has 15 rings (SSSR count). The molecule has 0 amide bonds. The van der Waals surface area contributed by atoms with Gasteiger partial charge >= 0.3 is 0 Å². The normalized spacial score (nSPS) is 21.7. The molecule has 9 aromatic rings. The molecular weight excluding hydrogens is 1010 g/mol. The van der Waals surface area contributed by atoms with Crippen LogP contribution < -0.4 is 31.1 Å². The summed E-state index contributed by atoms with van der Waals surface area (Å²) < 4.78 is 7.77. The number of para-hydroxylation sites is 2. The molecule has 6 aliphatic rings. The van der Waals surface area contributed by atoms with E-state index in [0.29, 0.717) is 0 Å². The highest BCUT2D eigenvalue weighted by atomic mass is 16.4. The molecule has 2 atom stereocenters. The first-order chi connectivity index (χ1) is 39.3. The Morgan fingerprint density at radius 1 is 0.446 bits per heavy atom. The SMILES string of the molecule is Cc1cc2c(cc1N1c3cc(C(C)(C)C)ccc3B3c4c1cc(-c1ccc(N(c5ccccc5)c5ccccc5)cc1)cc4N(c1ccc4c(c1)C(C)(C)CCC4(C)C)c1oc4cc5c(cc4c13)C1(C)CCC5(C)C1)C(C)(C)CCC2(C)C. The summed E-state index contributed by atoms with van der Waals surface area (Å²) >= 11 is 0. The minimum atomic E-state index is -0.101. The molecule has 8 aromatic carbocycles. The molecule has 0 saturated heterocycles. The predicted molar refractivity (Wildman–Crippen MR) is 353 cm³/mol. The van der Waals surface area contributed by atoms with Crippen molar-refractivity contribution in [3.8, 4) is 11.1 Å². The number of fused-ring (bicyclic) bond motifs is 13. The van der Waals surface area contributed by atoms with E-state index < -0.39 is 0 Å². The summed E-state index contributed by atoms with van der Waals surface area (Å²) in [5, 5.41) is 1.26. The van der Waals surface area contributed by atoms with E-state index in [1.807, 2.05) is 0 Å². The molecule has 0 N–H and O–H groups in total. The van der Waals surface area contributed by atoms with E-state index in [9.17, 15) is 0 Å². The quantitative estimate of drug-likeness (QED) is 0.155. The van der Waals surface area contributed by atoms with Crippen molar-refractivity contribution in [2.45, 2.75) is 180 Å². The highest BCUT2D eigenvalue weighted by Crippen LogP contribution is 2.62. The maximum atomic E-state index is 7.77. The lowest BCUT2D eigenvalue weighted by molar-refractivity contribution is 0.332. The van der Waals surface area contributed by atoms with Crippen LogP contribution in [-0.2, 0) is 37.9 Å². The number of anilines is 9. The fourth-order valence-corrected chi connectivity index (χ4v) is 16.8. The minimum Gasteiger partial charge on any atom is -0.440 e. The number of aryl methyl sites for hydroxylation is 1. The van der Waals surface area contributed by atoms with Gasteiger partial charge in [0, 0.05) is 56.3 Å². The molecule has 0 radical (unpaired) electrons. The van der Waals surface area contributed by atoms with Gasteiger partial charge in [0.1, 0.15) is 5.58 Å². The second-order valence-corrected chi connectivity index (χ2v) is 30.6. The molecule has 2 aliphatic heterocycles. The number of hydrogen-bond donors (Lipinski definition) is 0. The summed E-state index contributed by atoms with van der Waals surface area (Å²) in [5.74, 6) is 0.949. The first-order valence-electron chi connectivity index (χ1n) is 31.2. The standard InChI is InChI=1S/C78H82BN3O/c1-48-39-58-60(76(11,12)36-35-74(58,7)8)45-64(48)82-65-42-51(72(2,3)4)27-32-63(65)79-69-56-44-61-62(78(14)38-37-77(61,13)47-78)46-68(56)83-71(69)81(55-30-31-57-59(43-55)75(9,10)34-33-73(57,5)6)66-40-50(41-67(82)70(66)79)49-25-28-54(29-26-49)80(52-21-17-15-18-22-52)53-23-19-16-20-24-53/h15-32,39-46H,33-38,47H2,1-14H3. The number of nitrogens with zero attached hydrogens (tertiary/aromatic N) is 3. The van der Waals surface area contributed by atoms with Crippen molar-refractivity contribution in [3.63, 3.8) is 0 Å². The van der Waals surface area contributed by atoms with Gasteiger partial charge in [-0.15, -0.1) is 0 Å². The summed E-state index contributed by atoms with van der Waals surface area (Å²) in [4.78, 5) is 7.66. The van der Waals surface area contributed by atoms with Crippen LogP contribution in [0.1, 0.15) is 179 Å². The highest BCUT2D eigenvalue weighted by Gasteiger charge is 2.55. The van der Waals surface area contributed by atoms with Crippen LogP contribution in [0.5, 0.6) is 0 Å². The number of hydrogen-bond acceptors (Lipinski definition) is 4.